The summed E-state index contributed by atoms with van der Waals surface area (Å²) in [7, 11) is 4.04. The molecule has 2 aliphatic rings. The van der Waals surface area contributed by atoms with Crippen LogP contribution in [-0.2, 0) is 4.74 Å². The Kier molecular flexibility index (Phi) is 7.06. The molecule has 0 saturated carbocycles. The fraction of sp³-hybridized carbons (Fsp3) is 0.310. The van der Waals surface area contributed by atoms with Gasteiger partial charge in [-0.3, -0.25) is 4.79 Å². The minimum absolute atomic E-state index is 0.00570. The molecule has 11 heteroatoms. The summed E-state index contributed by atoms with van der Waals surface area (Å²) in [5.41, 5.74) is 3.64. The predicted molar refractivity (Wildman–Crippen MR) is 154 cm³/mol. The molecule has 4 aromatic rings. The van der Waals surface area contributed by atoms with Gasteiger partial charge in [0.2, 0.25) is 0 Å². The van der Waals surface area contributed by atoms with E-state index < -0.39 is 0 Å². The summed E-state index contributed by atoms with van der Waals surface area (Å²) in [6, 6.07) is 18.4. The van der Waals surface area contributed by atoms with E-state index in [0.29, 0.717) is 42.0 Å². The van der Waals surface area contributed by atoms with Crippen molar-refractivity contribution in [1.82, 2.24) is 24.4 Å². The number of anilines is 3. The van der Waals surface area contributed by atoms with Gasteiger partial charge in [0.15, 0.2) is 11.6 Å². The minimum atomic E-state index is -0.372. The first-order valence-corrected chi connectivity index (χ1v) is 13.4. The number of urea groups is 1. The van der Waals surface area contributed by atoms with Gasteiger partial charge in [0, 0.05) is 60.9 Å². The van der Waals surface area contributed by atoms with Crippen molar-refractivity contribution in [2.45, 2.75) is 6.04 Å². The van der Waals surface area contributed by atoms with Crippen LogP contribution in [0.1, 0.15) is 10.4 Å². The number of hydrogen-bond donors (Lipinski definition) is 2. The van der Waals surface area contributed by atoms with Crippen molar-refractivity contribution in [2.24, 2.45) is 0 Å². The Balaban J connectivity index is 1.08. The molecule has 2 aromatic carbocycles. The van der Waals surface area contributed by atoms with Gasteiger partial charge >= 0.3 is 6.03 Å². The Bertz CT molecular complexity index is 1500. The number of nitrogens with one attached hydrogen (secondary N) is 2. The molecule has 0 atom stereocenters. The van der Waals surface area contributed by atoms with Crippen molar-refractivity contribution in [3.63, 3.8) is 0 Å². The van der Waals surface area contributed by atoms with Gasteiger partial charge in [-0.2, -0.15) is 0 Å². The molecule has 2 aromatic heterocycles. The topological polar surface area (TPSA) is 107 Å². The van der Waals surface area contributed by atoms with Crippen LogP contribution in [0.25, 0.3) is 16.9 Å². The maximum Gasteiger partial charge on any atom is 0.323 e. The van der Waals surface area contributed by atoms with Gasteiger partial charge < -0.3 is 30.1 Å². The van der Waals surface area contributed by atoms with Crippen molar-refractivity contribution in [2.75, 3.05) is 69.0 Å². The molecule has 40 heavy (non-hydrogen) atoms. The van der Waals surface area contributed by atoms with E-state index in [1.54, 1.807) is 24.3 Å². The number of amides is 3. The molecule has 11 nitrogen and oxygen atoms in total. The molecule has 0 bridgehead atoms. The third-order valence-corrected chi connectivity index (χ3v) is 7.35. The first kappa shape index (κ1) is 25.8. The van der Waals surface area contributed by atoms with Crippen LogP contribution in [0.2, 0.25) is 0 Å². The molecule has 2 aliphatic heterocycles. The van der Waals surface area contributed by atoms with Crippen LogP contribution in [0.4, 0.5) is 22.0 Å². The fourth-order valence-electron chi connectivity index (χ4n) is 4.87. The van der Waals surface area contributed by atoms with Gasteiger partial charge in [0.1, 0.15) is 5.52 Å². The third kappa shape index (κ3) is 5.33. The van der Waals surface area contributed by atoms with Crippen molar-refractivity contribution in [1.29, 1.82) is 0 Å². The number of likely N-dealkylation sites (N-methyl/N-ethyl adjacent to an activating group) is 1. The van der Waals surface area contributed by atoms with E-state index in [9.17, 15) is 9.59 Å². The van der Waals surface area contributed by atoms with Crippen molar-refractivity contribution < 1.29 is 14.3 Å². The first-order chi connectivity index (χ1) is 19.4. The summed E-state index contributed by atoms with van der Waals surface area (Å²) < 4.78 is 7.35. The van der Waals surface area contributed by atoms with E-state index in [4.69, 9.17) is 9.72 Å². The first-order valence-electron chi connectivity index (χ1n) is 13.4. The van der Waals surface area contributed by atoms with Crippen LogP contribution in [0.5, 0.6) is 0 Å². The lowest BCUT2D eigenvalue weighted by atomic mass is 10.1. The number of likely N-dealkylation sites (tertiary alicyclic amines) is 1. The van der Waals surface area contributed by atoms with Crippen LogP contribution in [0, 0.1) is 0 Å². The minimum Gasteiger partial charge on any atom is -0.378 e. The number of hydrogen-bond acceptors (Lipinski definition) is 7. The van der Waals surface area contributed by atoms with E-state index in [0.717, 1.165) is 43.1 Å². The quantitative estimate of drug-likeness (QED) is 0.387. The summed E-state index contributed by atoms with van der Waals surface area (Å²) in [6.07, 6.45) is 1.92. The lowest BCUT2D eigenvalue weighted by Gasteiger charge is -2.42. The number of carbonyl (C=O) groups is 2. The Hall–Kier alpha value is -4.48. The molecule has 3 amide bonds. The fourth-order valence-corrected chi connectivity index (χ4v) is 4.87. The number of rotatable bonds is 6. The summed E-state index contributed by atoms with van der Waals surface area (Å²) in [5.74, 6) is 1.49. The number of fused-ring (bicyclic) bond motifs is 1. The molecule has 0 aliphatic carbocycles. The number of nitrogens with zero attached hydrogens (tertiary/aromatic N) is 6. The lowest BCUT2D eigenvalue weighted by Crippen LogP contribution is -2.59. The molecular formula is C29H32N8O3. The average molecular weight is 541 g/mol. The van der Waals surface area contributed by atoms with E-state index in [-0.39, 0.29) is 11.9 Å². The summed E-state index contributed by atoms with van der Waals surface area (Å²) in [4.78, 5) is 36.3. The van der Waals surface area contributed by atoms with E-state index in [2.05, 4.69) is 25.5 Å². The van der Waals surface area contributed by atoms with Crippen molar-refractivity contribution >= 4 is 34.6 Å². The SMILES string of the molecule is CN(C)C1CN(C(=O)c2ccc(NC(=O)Nc3ccc(-c4nc(N5CCOCC5)c5cccn5n4)cc3)cc2)C1. The van der Waals surface area contributed by atoms with Crippen LogP contribution >= 0.6 is 0 Å². The number of morpholine rings is 1. The van der Waals surface area contributed by atoms with E-state index in [1.807, 2.05) is 66.1 Å². The summed E-state index contributed by atoms with van der Waals surface area (Å²) in [6.45, 7) is 4.37. The van der Waals surface area contributed by atoms with Crippen LogP contribution in [0.15, 0.2) is 66.9 Å². The van der Waals surface area contributed by atoms with Crippen molar-refractivity contribution in [3.05, 3.63) is 72.4 Å². The second-order valence-electron chi connectivity index (χ2n) is 10.3. The number of aromatic nitrogens is 3. The maximum absolute atomic E-state index is 12.6. The van der Waals surface area contributed by atoms with Gasteiger partial charge in [0.05, 0.1) is 13.2 Å². The van der Waals surface area contributed by atoms with E-state index >= 15 is 0 Å². The van der Waals surface area contributed by atoms with Gasteiger partial charge in [-0.1, -0.05) is 0 Å². The van der Waals surface area contributed by atoms with Gasteiger partial charge in [0.25, 0.3) is 5.91 Å². The van der Waals surface area contributed by atoms with Gasteiger partial charge in [-0.05, 0) is 74.8 Å². The second-order valence-corrected chi connectivity index (χ2v) is 10.3. The molecule has 0 unspecified atom stereocenters. The highest BCUT2D eigenvalue weighted by Gasteiger charge is 2.32. The molecule has 206 valence electrons. The van der Waals surface area contributed by atoms with Crippen LogP contribution in [-0.4, -0.2) is 95.9 Å². The molecule has 2 N–H and O–H groups in total. The Morgan fingerprint density at radius 3 is 2.23 bits per heavy atom. The highest BCUT2D eigenvalue weighted by atomic mass is 16.5. The van der Waals surface area contributed by atoms with E-state index in [1.165, 1.54) is 0 Å². The molecule has 2 fully saturated rings. The second kappa shape index (κ2) is 10.9. The summed E-state index contributed by atoms with van der Waals surface area (Å²) in [5, 5.41) is 10.3. The van der Waals surface area contributed by atoms with Gasteiger partial charge in [-0.25, -0.2) is 14.3 Å². The highest BCUT2D eigenvalue weighted by molar-refractivity contribution is 6.00. The Labute approximate surface area is 232 Å². The molecule has 0 spiro atoms. The standard InChI is InChI=1S/C29H32N8O3/c1-34(2)24-18-36(19-24)28(38)21-7-11-23(12-8-21)31-29(39)30-22-9-5-20(6-10-22)26-32-27(35-14-16-40-17-15-35)25-4-3-13-37(25)33-26/h3-13,24H,14-19H2,1-2H3,(H2,30,31,39). The Morgan fingerprint density at radius 2 is 1.57 bits per heavy atom. The number of ether oxygens (including phenoxy) is 1. The average Bonchev–Trinajstić information content (AvgIpc) is 3.42. The molecular weight excluding hydrogens is 508 g/mol. The molecule has 6 rings (SSSR count). The van der Waals surface area contributed by atoms with Crippen LogP contribution < -0.4 is 15.5 Å². The monoisotopic (exact) mass is 540 g/mol. The highest BCUT2D eigenvalue weighted by Crippen LogP contribution is 2.25. The maximum atomic E-state index is 12.6. The van der Waals surface area contributed by atoms with Crippen molar-refractivity contribution in [3.8, 4) is 11.4 Å². The lowest BCUT2D eigenvalue weighted by molar-refractivity contribution is 0.0399. The molecule has 4 heterocycles. The smallest absolute Gasteiger partial charge is 0.323 e. The zero-order valence-corrected chi connectivity index (χ0v) is 22.6. The molecule has 0 radical (unpaired) electrons. The third-order valence-electron chi connectivity index (χ3n) is 7.35. The predicted octanol–water partition coefficient (Wildman–Crippen LogP) is 3.26. The normalized spacial score (nSPS) is 15.8. The number of carbonyl (C=O) groups excluding carboxylic acids is 2. The molecule has 2 saturated heterocycles. The van der Waals surface area contributed by atoms with Gasteiger partial charge in [-0.15, -0.1) is 5.10 Å². The Morgan fingerprint density at radius 1 is 0.925 bits per heavy atom. The largest absolute Gasteiger partial charge is 0.378 e. The number of benzene rings is 2. The summed E-state index contributed by atoms with van der Waals surface area (Å²) >= 11 is 0. The zero-order chi connectivity index (χ0) is 27.6. The van der Waals surface area contributed by atoms with Crippen LogP contribution in [0.3, 0.4) is 0 Å². The zero-order valence-electron chi connectivity index (χ0n) is 22.6.